The summed E-state index contributed by atoms with van der Waals surface area (Å²) in [6.45, 7) is 0. The normalized spacial score (nSPS) is 9.25. The lowest BCUT2D eigenvalue weighted by atomic mass is 10.5. The van der Waals surface area contributed by atoms with Gasteiger partial charge in [0, 0.05) is 16.6 Å². The summed E-state index contributed by atoms with van der Waals surface area (Å²) in [6.07, 6.45) is 3.98. The fourth-order valence-corrected chi connectivity index (χ4v) is 0.719. The summed E-state index contributed by atoms with van der Waals surface area (Å²) >= 11 is 3.33. The predicted octanol–water partition coefficient (Wildman–Crippen LogP) is 1.27. The van der Waals surface area contributed by atoms with Crippen LogP contribution in [0.2, 0.25) is 0 Å². The van der Waals surface area contributed by atoms with Crippen LogP contribution in [0.1, 0.15) is 0 Å². The summed E-state index contributed by atoms with van der Waals surface area (Å²) in [7, 11) is 1.99. The summed E-state index contributed by atoms with van der Waals surface area (Å²) < 4.78 is 3.11. The van der Waals surface area contributed by atoms with E-state index < -0.39 is 0 Å². The molecular weight excluding hydrogens is 166 g/mol. The van der Waals surface area contributed by atoms with Crippen molar-refractivity contribution in [3.05, 3.63) is 29.0 Å². The van der Waals surface area contributed by atoms with Gasteiger partial charge in [-0.15, -0.1) is 0 Å². The Labute approximate surface area is 57.1 Å². The van der Waals surface area contributed by atoms with E-state index in [0.29, 0.717) is 0 Å². The summed E-state index contributed by atoms with van der Waals surface area (Å²) in [5.74, 6) is 0. The molecule has 0 bridgehead atoms. The Kier molecular flexibility index (Phi) is 1.63. The number of hydrogen-bond donors (Lipinski definition) is 0. The average Bonchev–Trinajstić information content (AvgIpc) is 1.77. The highest BCUT2D eigenvalue weighted by Crippen LogP contribution is 2.02. The van der Waals surface area contributed by atoms with Crippen molar-refractivity contribution >= 4 is 15.9 Å². The van der Waals surface area contributed by atoms with Crippen molar-refractivity contribution in [3.8, 4) is 0 Å². The molecule has 8 heavy (non-hydrogen) atoms. The number of halogens is 1. The Balaban J connectivity index is 3.03. The van der Waals surface area contributed by atoms with Crippen molar-refractivity contribution in [3.63, 3.8) is 0 Å². The molecule has 0 amide bonds. The van der Waals surface area contributed by atoms with Crippen LogP contribution in [-0.4, -0.2) is 0 Å². The lowest BCUT2D eigenvalue weighted by Crippen LogP contribution is -2.25. The molecule has 0 fully saturated rings. The van der Waals surface area contributed by atoms with Crippen LogP contribution in [0.4, 0.5) is 0 Å². The number of aromatic nitrogens is 1. The van der Waals surface area contributed by atoms with Gasteiger partial charge in [0.2, 0.25) is 0 Å². The topological polar surface area (TPSA) is 3.88 Å². The molecule has 0 saturated heterocycles. The standard InChI is InChI=1S/C6H7BrN/c1-8-4-2-6(7)3-5-8/h2-5H,1H3/q+1. The molecule has 0 aliphatic rings. The van der Waals surface area contributed by atoms with Gasteiger partial charge in [0.05, 0.1) is 0 Å². The van der Waals surface area contributed by atoms with E-state index in [0.717, 1.165) is 4.47 Å². The second-order valence-corrected chi connectivity index (χ2v) is 2.60. The van der Waals surface area contributed by atoms with Gasteiger partial charge in [-0.3, -0.25) is 0 Å². The first-order valence-corrected chi connectivity index (χ1v) is 3.19. The first kappa shape index (κ1) is 5.76. The molecule has 1 heterocycles. The molecule has 1 rings (SSSR count). The average molecular weight is 173 g/mol. The fourth-order valence-electron chi connectivity index (χ4n) is 0.483. The lowest BCUT2D eigenvalue weighted by Gasteiger charge is -1.83. The second-order valence-electron chi connectivity index (χ2n) is 1.68. The van der Waals surface area contributed by atoms with Crippen molar-refractivity contribution < 1.29 is 4.57 Å². The van der Waals surface area contributed by atoms with Crippen LogP contribution in [-0.2, 0) is 7.05 Å². The van der Waals surface area contributed by atoms with E-state index >= 15 is 0 Å². The summed E-state index contributed by atoms with van der Waals surface area (Å²) in [4.78, 5) is 0. The molecule has 0 unspecified atom stereocenters. The largest absolute Gasteiger partial charge is 0.208 e. The van der Waals surface area contributed by atoms with E-state index in [2.05, 4.69) is 15.9 Å². The Morgan fingerprint density at radius 2 is 1.88 bits per heavy atom. The molecule has 2 heteroatoms. The number of pyridine rings is 1. The van der Waals surface area contributed by atoms with Crippen LogP contribution < -0.4 is 4.57 Å². The minimum Gasteiger partial charge on any atom is -0.208 e. The maximum Gasteiger partial charge on any atom is 0.169 e. The molecule has 0 saturated carbocycles. The zero-order valence-corrected chi connectivity index (χ0v) is 6.22. The Morgan fingerprint density at radius 3 is 2.25 bits per heavy atom. The molecule has 0 aliphatic heterocycles. The van der Waals surface area contributed by atoms with Crippen molar-refractivity contribution in [2.24, 2.45) is 7.05 Å². The van der Waals surface area contributed by atoms with Gasteiger partial charge in [0.1, 0.15) is 7.05 Å². The number of rotatable bonds is 0. The monoisotopic (exact) mass is 172 g/mol. The van der Waals surface area contributed by atoms with Gasteiger partial charge in [0.25, 0.3) is 0 Å². The van der Waals surface area contributed by atoms with E-state index in [1.807, 2.05) is 36.1 Å². The number of nitrogens with zero attached hydrogens (tertiary/aromatic N) is 1. The molecule has 0 aromatic carbocycles. The van der Waals surface area contributed by atoms with Crippen LogP contribution in [0.3, 0.4) is 0 Å². The smallest absolute Gasteiger partial charge is 0.169 e. The van der Waals surface area contributed by atoms with E-state index in [9.17, 15) is 0 Å². The zero-order valence-electron chi connectivity index (χ0n) is 4.63. The van der Waals surface area contributed by atoms with E-state index in [1.165, 1.54) is 0 Å². The molecule has 1 aromatic heterocycles. The first-order chi connectivity index (χ1) is 3.79. The minimum absolute atomic E-state index is 1.12. The van der Waals surface area contributed by atoms with Crippen molar-refractivity contribution in [2.75, 3.05) is 0 Å². The van der Waals surface area contributed by atoms with Crippen LogP contribution in [0.5, 0.6) is 0 Å². The highest BCUT2D eigenvalue weighted by Gasteiger charge is 1.87. The molecule has 1 nitrogen and oxygen atoms in total. The highest BCUT2D eigenvalue weighted by atomic mass is 79.9. The molecule has 0 aliphatic carbocycles. The van der Waals surface area contributed by atoms with Crippen LogP contribution in [0.25, 0.3) is 0 Å². The van der Waals surface area contributed by atoms with Gasteiger partial charge in [-0.1, -0.05) is 15.9 Å². The molecule has 0 radical (unpaired) electrons. The Morgan fingerprint density at radius 1 is 1.38 bits per heavy atom. The van der Waals surface area contributed by atoms with Crippen molar-refractivity contribution in [2.45, 2.75) is 0 Å². The van der Waals surface area contributed by atoms with Crippen molar-refractivity contribution in [1.29, 1.82) is 0 Å². The molecule has 0 N–H and O–H groups in total. The highest BCUT2D eigenvalue weighted by molar-refractivity contribution is 9.10. The van der Waals surface area contributed by atoms with Gasteiger partial charge >= 0.3 is 0 Å². The van der Waals surface area contributed by atoms with E-state index in [1.54, 1.807) is 0 Å². The van der Waals surface area contributed by atoms with Crippen molar-refractivity contribution in [1.82, 2.24) is 0 Å². The summed E-state index contributed by atoms with van der Waals surface area (Å²) in [5, 5.41) is 0. The molecule has 1 aromatic rings. The van der Waals surface area contributed by atoms with E-state index in [4.69, 9.17) is 0 Å². The van der Waals surface area contributed by atoms with Gasteiger partial charge < -0.3 is 0 Å². The van der Waals surface area contributed by atoms with Gasteiger partial charge in [-0.2, -0.15) is 0 Å². The second kappa shape index (κ2) is 2.27. The SMILES string of the molecule is C[n+]1ccc(Br)cc1. The van der Waals surface area contributed by atoms with Gasteiger partial charge in [-0.25, -0.2) is 4.57 Å². The van der Waals surface area contributed by atoms with Crippen LogP contribution in [0.15, 0.2) is 29.0 Å². The molecule has 42 valence electrons. The predicted molar refractivity (Wildman–Crippen MR) is 35.3 cm³/mol. The summed E-state index contributed by atoms with van der Waals surface area (Å²) in [6, 6.07) is 4.00. The molecule has 0 spiro atoms. The molecule has 0 atom stereocenters. The minimum atomic E-state index is 1.12. The molecular formula is C6H7BrN+. The fraction of sp³-hybridized carbons (Fsp3) is 0.167. The lowest BCUT2D eigenvalue weighted by molar-refractivity contribution is -0.671. The Hall–Kier alpha value is -0.370. The first-order valence-electron chi connectivity index (χ1n) is 2.40. The maximum absolute atomic E-state index is 3.33. The summed E-state index contributed by atoms with van der Waals surface area (Å²) in [5.41, 5.74) is 0. The zero-order chi connectivity index (χ0) is 5.98. The quantitative estimate of drug-likeness (QED) is 0.520. The maximum atomic E-state index is 3.33. The van der Waals surface area contributed by atoms with Gasteiger partial charge in [-0.05, 0) is 0 Å². The number of aryl methyl sites for hydroxylation is 1. The number of hydrogen-bond acceptors (Lipinski definition) is 0. The third-order valence-electron chi connectivity index (χ3n) is 0.938. The van der Waals surface area contributed by atoms with E-state index in [-0.39, 0.29) is 0 Å². The van der Waals surface area contributed by atoms with Gasteiger partial charge in [0.15, 0.2) is 12.4 Å². The third kappa shape index (κ3) is 1.30. The van der Waals surface area contributed by atoms with Crippen LogP contribution >= 0.6 is 15.9 Å². The Bertz CT molecular complexity index is 147. The third-order valence-corrected chi connectivity index (χ3v) is 1.47. The van der Waals surface area contributed by atoms with Crippen LogP contribution in [0, 0.1) is 0 Å².